The Kier molecular flexibility index (Phi) is 4.69. The fraction of sp³-hybridized carbons (Fsp3) is 0.250. The highest BCUT2D eigenvalue weighted by Gasteiger charge is 2.31. The van der Waals surface area contributed by atoms with Gasteiger partial charge in [0.25, 0.3) is 0 Å². The van der Waals surface area contributed by atoms with Gasteiger partial charge in [0.2, 0.25) is 0 Å². The first kappa shape index (κ1) is 15.8. The molecule has 2 aromatic rings. The number of nitrogens with zero attached hydrogens (tertiary/aromatic N) is 1. The van der Waals surface area contributed by atoms with Crippen molar-refractivity contribution in [3.63, 3.8) is 0 Å². The summed E-state index contributed by atoms with van der Waals surface area (Å²) in [5, 5.41) is 1.83. The first-order valence-corrected chi connectivity index (χ1v) is 9.82. The van der Waals surface area contributed by atoms with Crippen molar-refractivity contribution >= 4 is 28.6 Å². The molecule has 0 atom stereocenters. The molecule has 0 spiro atoms. The lowest BCUT2D eigenvalue weighted by Crippen LogP contribution is -2.40. The van der Waals surface area contributed by atoms with Gasteiger partial charge in [-0.15, -0.1) is 0 Å². The van der Waals surface area contributed by atoms with E-state index < -0.39 is 6.19 Å². The molecule has 0 N–H and O–H groups in total. The van der Waals surface area contributed by atoms with Crippen LogP contribution in [0, 0.1) is 11.6 Å². The second-order valence-electron chi connectivity index (χ2n) is 5.09. The van der Waals surface area contributed by atoms with Crippen LogP contribution in [0.2, 0.25) is 0 Å². The monoisotopic (exact) mass is 339 g/mol. The molecular weight excluding hydrogens is 323 g/mol. The lowest BCUT2D eigenvalue weighted by molar-refractivity contribution is 0.0754. The van der Waals surface area contributed by atoms with Crippen LogP contribution < -0.4 is 10.6 Å². The zero-order chi connectivity index (χ0) is 15.6. The SMILES string of the molecule is Fc1ccc(P(=S)(c2ccc(F)cc2)N2CCOCC2)cc1. The highest BCUT2D eigenvalue weighted by molar-refractivity contribution is 8.20. The van der Waals surface area contributed by atoms with Crippen LogP contribution in [0.15, 0.2) is 48.5 Å². The first-order valence-electron chi connectivity index (χ1n) is 7.06. The number of hydrogen-bond donors (Lipinski definition) is 0. The maximum absolute atomic E-state index is 13.3. The van der Waals surface area contributed by atoms with Crippen molar-refractivity contribution < 1.29 is 13.5 Å². The largest absolute Gasteiger partial charge is 0.379 e. The molecule has 6 heteroatoms. The zero-order valence-electron chi connectivity index (χ0n) is 11.9. The van der Waals surface area contributed by atoms with E-state index in [-0.39, 0.29) is 11.6 Å². The average molecular weight is 339 g/mol. The molecule has 2 nitrogen and oxygen atoms in total. The summed E-state index contributed by atoms with van der Waals surface area (Å²) in [6, 6.07) is 12.7. The fourth-order valence-electron chi connectivity index (χ4n) is 2.60. The predicted molar refractivity (Wildman–Crippen MR) is 88.7 cm³/mol. The quantitative estimate of drug-likeness (QED) is 0.798. The van der Waals surface area contributed by atoms with Crippen molar-refractivity contribution in [1.82, 2.24) is 4.67 Å². The van der Waals surface area contributed by atoms with Crippen molar-refractivity contribution in [1.29, 1.82) is 0 Å². The van der Waals surface area contributed by atoms with Crippen LogP contribution in [0.3, 0.4) is 0 Å². The summed E-state index contributed by atoms with van der Waals surface area (Å²) in [6.07, 6.45) is -2.29. The zero-order valence-corrected chi connectivity index (χ0v) is 13.6. The molecule has 0 saturated carbocycles. The van der Waals surface area contributed by atoms with E-state index in [0.29, 0.717) is 13.2 Å². The van der Waals surface area contributed by atoms with Gasteiger partial charge < -0.3 is 4.74 Å². The number of benzene rings is 2. The minimum Gasteiger partial charge on any atom is -0.379 e. The Bertz CT molecular complexity index is 635. The smallest absolute Gasteiger partial charge is 0.123 e. The summed E-state index contributed by atoms with van der Waals surface area (Å²) < 4.78 is 34.2. The van der Waals surface area contributed by atoms with Gasteiger partial charge in [0, 0.05) is 23.7 Å². The molecule has 1 fully saturated rings. The Morgan fingerprint density at radius 1 is 0.818 bits per heavy atom. The molecule has 0 aliphatic carbocycles. The van der Waals surface area contributed by atoms with Gasteiger partial charge in [-0.3, -0.25) is 4.67 Å². The van der Waals surface area contributed by atoms with Gasteiger partial charge >= 0.3 is 0 Å². The molecule has 0 bridgehead atoms. The molecule has 1 saturated heterocycles. The second kappa shape index (κ2) is 6.55. The van der Waals surface area contributed by atoms with Gasteiger partial charge in [-0.1, -0.05) is 11.8 Å². The van der Waals surface area contributed by atoms with E-state index in [4.69, 9.17) is 16.5 Å². The Labute approximate surface area is 133 Å². The first-order chi connectivity index (χ1) is 10.6. The van der Waals surface area contributed by atoms with E-state index in [1.807, 2.05) is 0 Å². The standard InChI is InChI=1S/C16H16F2NOPS/c17-13-1-5-15(6-2-13)21(22,19-9-11-20-12-10-19)16-7-3-14(18)4-8-16/h1-8H,9-12H2. The van der Waals surface area contributed by atoms with Crippen molar-refractivity contribution in [3.8, 4) is 0 Å². The normalized spacial score (nSPS) is 16.6. The van der Waals surface area contributed by atoms with E-state index in [1.54, 1.807) is 24.3 Å². The van der Waals surface area contributed by atoms with Crippen LogP contribution in [0.1, 0.15) is 0 Å². The van der Waals surface area contributed by atoms with Gasteiger partial charge in [-0.25, -0.2) is 8.78 Å². The number of ether oxygens (including phenoxy) is 1. The van der Waals surface area contributed by atoms with E-state index >= 15 is 0 Å². The summed E-state index contributed by atoms with van der Waals surface area (Å²) in [4.78, 5) is 0. The van der Waals surface area contributed by atoms with Gasteiger partial charge in [0.15, 0.2) is 0 Å². The van der Waals surface area contributed by atoms with Gasteiger partial charge in [0.05, 0.1) is 19.4 Å². The number of rotatable bonds is 3. The second-order valence-corrected chi connectivity index (χ2v) is 9.43. The van der Waals surface area contributed by atoms with Crippen molar-refractivity contribution in [3.05, 3.63) is 60.2 Å². The number of morpholine rings is 1. The molecule has 0 unspecified atom stereocenters. The number of hydrogen-bond acceptors (Lipinski definition) is 2. The highest BCUT2D eigenvalue weighted by Crippen LogP contribution is 2.48. The molecule has 0 aromatic heterocycles. The molecule has 0 amide bonds. The molecule has 1 aliphatic heterocycles. The molecule has 3 rings (SSSR count). The van der Waals surface area contributed by atoms with Gasteiger partial charge in [0.1, 0.15) is 11.6 Å². The van der Waals surface area contributed by atoms with Crippen LogP contribution in [-0.2, 0) is 16.5 Å². The molecule has 2 aromatic carbocycles. The summed E-state index contributed by atoms with van der Waals surface area (Å²) >= 11 is 6.08. The Morgan fingerprint density at radius 3 is 1.64 bits per heavy atom. The van der Waals surface area contributed by atoms with Crippen LogP contribution in [0.25, 0.3) is 0 Å². The molecule has 0 radical (unpaired) electrons. The molecule has 1 heterocycles. The van der Waals surface area contributed by atoms with E-state index in [2.05, 4.69) is 4.67 Å². The minimum absolute atomic E-state index is 0.286. The Hall–Kier alpha value is -1.13. The van der Waals surface area contributed by atoms with Crippen LogP contribution in [-0.4, -0.2) is 31.0 Å². The molecular formula is C16H16F2NOPS. The van der Waals surface area contributed by atoms with Crippen molar-refractivity contribution in [2.24, 2.45) is 0 Å². The van der Waals surface area contributed by atoms with E-state index in [0.717, 1.165) is 23.7 Å². The van der Waals surface area contributed by atoms with Crippen molar-refractivity contribution in [2.45, 2.75) is 0 Å². The van der Waals surface area contributed by atoms with Crippen LogP contribution in [0.4, 0.5) is 8.78 Å². The predicted octanol–water partition coefficient (Wildman–Crippen LogP) is 2.64. The van der Waals surface area contributed by atoms with Gasteiger partial charge in [-0.05, 0) is 48.5 Å². The van der Waals surface area contributed by atoms with E-state index in [9.17, 15) is 8.78 Å². The maximum atomic E-state index is 13.3. The van der Waals surface area contributed by atoms with Gasteiger partial charge in [-0.2, -0.15) is 0 Å². The third-order valence-electron chi connectivity index (χ3n) is 3.74. The third-order valence-corrected chi connectivity index (χ3v) is 8.89. The third kappa shape index (κ3) is 2.99. The Balaban J connectivity index is 2.10. The summed E-state index contributed by atoms with van der Waals surface area (Å²) in [6.45, 7) is 2.71. The summed E-state index contributed by atoms with van der Waals surface area (Å²) in [5.74, 6) is -0.572. The molecule has 22 heavy (non-hydrogen) atoms. The maximum Gasteiger partial charge on any atom is 0.123 e. The highest BCUT2D eigenvalue weighted by atomic mass is 32.4. The van der Waals surface area contributed by atoms with Crippen molar-refractivity contribution in [2.75, 3.05) is 26.3 Å². The fourth-order valence-corrected chi connectivity index (χ4v) is 6.60. The lowest BCUT2D eigenvalue weighted by atomic mass is 10.3. The lowest BCUT2D eigenvalue weighted by Gasteiger charge is -2.38. The Morgan fingerprint density at radius 2 is 1.23 bits per heavy atom. The topological polar surface area (TPSA) is 12.5 Å². The van der Waals surface area contributed by atoms with E-state index in [1.165, 1.54) is 24.3 Å². The average Bonchev–Trinajstić information content (AvgIpc) is 2.56. The molecule has 116 valence electrons. The van der Waals surface area contributed by atoms with Crippen LogP contribution >= 0.6 is 6.19 Å². The summed E-state index contributed by atoms with van der Waals surface area (Å²) in [7, 11) is 0. The minimum atomic E-state index is -2.29. The number of halogens is 2. The van der Waals surface area contributed by atoms with Crippen LogP contribution in [0.5, 0.6) is 0 Å². The summed E-state index contributed by atoms with van der Waals surface area (Å²) in [5.41, 5.74) is 0. The molecule has 1 aliphatic rings.